The van der Waals surface area contributed by atoms with Crippen LogP contribution in [0.15, 0.2) is 30.3 Å². The first-order valence-corrected chi connectivity index (χ1v) is 9.15. The number of nitrogens with zero attached hydrogens (tertiary/aromatic N) is 1. The third-order valence-corrected chi connectivity index (χ3v) is 5.48. The van der Waals surface area contributed by atoms with Crippen molar-refractivity contribution in [1.29, 1.82) is 0 Å². The molecule has 1 N–H and O–H groups in total. The zero-order valence-electron chi connectivity index (χ0n) is 14.2. The summed E-state index contributed by atoms with van der Waals surface area (Å²) in [6, 6.07) is 9.20. The van der Waals surface area contributed by atoms with Gasteiger partial charge in [0, 0.05) is 18.5 Å². The molecule has 1 aromatic carbocycles. The van der Waals surface area contributed by atoms with E-state index in [0.717, 1.165) is 23.3 Å². The lowest BCUT2D eigenvalue weighted by Crippen LogP contribution is -2.25. The third-order valence-electron chi connectivity index (χ3n) is 4.26. The number of benzene rings is 1. The molecule has 0 saturated carbocycles. The molecule has 2 aromatic rings. The predicted molar refractivity (Wildman–Crippen MR) is 96.3 cm³/mol. The average Bonchev–Trinajstić information content (AvgIpc) is 3.04. The first kappa shape index (κ1) is 17.5. The summed E-state index contributed by atoms with van der Waals surface area (Å²) in [5, 5.41) is 8.61. The van der Waals surface area contributed by atoms with Gasteiger partial charge >= 0.3 is 5.97 Å². The van der Waals surface area contributed by atoms with Crippen molar-refractivity contribution in [2.75, 3.05) is 13.7 Å². The molecule has 1 heterocycles. The lowest BCUT2D eigenvalue weighted by atomic mass is 9.99. The number of hydrogen-bond acceptors (Lipinski definition) is 4. The number of ether oxygens (including phenoxy) is 1. The van der Waals surface area contributed by atoms with Crippen LogP contribution in [-0.2, 0) is 24.2 Å². The van der Waals surface area contributed by atoms with Gasteiger partial charge in [0.2, 0.25) is 0 Å². The quantitative estimate of drug-likeness (QED) is 0.859. The maximum Gasteiger partial charge on any atom is 0.341 e. The van der Waals surface area contributed by atoms with Gasteiger partial charge in [-0.3, -0.25) is 4.79 Å². The van der Waals surface area contributed by atoms with Crippen LogP contribution in [0.1, 0.15) is 38.5 Å². The Morgan fingerprint density at radius 1 is 1.20 bits per heavy atom. The summed E-state index contributed by atoms with van der Waals surface area (Å²) in [6.07, 6.45) is 4.60. The SMILES string of the molecule is CN(Cc1ccc(OCC(=O)O)cc1)C(=O)c1cc2c(s1)CCCC2. The number of carboxylic acid groups (broad SMARTS) is 1. The number of carbonyl (C=O) groups is 2. The van der Waals surface area contributed by atoms with Gasteiger partial charge < -0.3 is 14.7 Å². The van der Waals surface area contributed by atoms with Crippen LogP contribution in [-0.4, -0.2) is 35.5 Å². The van der Waals surface area contributed by atoms with Crippen molar-refractivity contribution in [3.63, 3.8) is 0 Å². The number of thiophene rings is 1. The van der Waals surface area contributed by atoms with Gasteiger partial charge in [0.05, 0.1) is 4.88 Å². The average molecular weight is 359 g/mol. The number of hydrogen-bond donors (Lipinski definition) is 1. The molecule has 25 heavy (non-hydrogen) atoms. The number of aryl methyl sites for hydroxylation is 2. The summed E-state index contributed by atoms with van der Waals surface area (Å²) in [7, 11) is 1.80. The molecule has 1 aliphatic rings. The highest BCUT2D eigenvalue weighted by Crippen LogP contribution is 2.30. The van der Waals surface area contributed by atoms with E-state index in [-0.39, 0.29) is 12.5 Å². The Labute approximate surface area is 150 Å². The summed E-state index contributed by atoms with van der Waals surface area (Å²) in [5.41, 5.74) is 2.31. The van der Waals surface area contributed by atoms with Crippen LogP contribution in [0.4, 0.5) is 0 Å². The second-order valence-electron chi connectivity index (χ2n) is 6.25. The van der Waals surface area contributed by atoms with E-state index in [0.29, 0.717) is 12.3 Å². The van der Waals surface area contributed by atoms with Crippen LogP contribution in [0, 0.1) is 0 Å². The molecule has 0 radical (unpaired) electrons. The maximum atomic E-state index is 12.7. The molecule has 0 fully saturated rings. The molecule has 0 bridgehead atoms. The van der Waals surface area contributed by atoms with Gasteiger partial charge in [0.1, 0.15) is 5.75 Å². The lowest BCUT2D eigenvalue weighted by Gasteiger charge is -2.16. The zero-order chi connectivity index (χ0) is 17.8. The Morgan fingerprint density at radius 3 is 2.60 bits per heavy atom. The predicted octanol–water partition coefficient (Wildman–Crippen LogP) is 3.36. The van der Waals surface area contributed by atoms with Crippen molar-refractivity contribution in [2.45, 2.75) is 32.2 Å². The van der Waals surface area contributed by atoms with Crippen LogP contribution < -0.4 is 4.74 Å². The van der Waals surface area contributed by atoms with Gasteiger partial charge in [-0.15, -0.1) is 11.3 Å². The molecule has 0 spiro atoms. The first-order valence-electron chi connectivity index (χ1n) is 8.33. The van der Waals surface area contributed by atoms with E-state index in [1.165, 1.54) is 23.3 Å². The van der Waals surface area contributed by atoms with Crippen LogP contribution in [0.3, 0.4) is 0 Å². The van der Waals surface area contributed by atoms with Gasteiger partial charge in [-0.05, 0) is 55.0 Å². The minimum Gasteiger partial charge on any atom is -0.482 e. The van der Waals surface area contributed by atoms with Crippen molar-refractivity contribution in [2.24, 2.45) is 0 Å². The van der Waals surface area contributed by atoms with E-state index in [1.54, 1.807) is 35.4 Å². The van der Waals surface area contributed by atoms with E-state index in [2.05, 4.69) is 6.07 Å². The number of amides is 1. The molecule has 0 atom stereocenters. The molecular formula is C19H21NO4S. The molecule has 6 heteroatoms. The minimum absolute atomic E-state index is 0.0469. The summed E-state index contributed by atoms with van der Waals surface area (Å²) in [4.78, 5) is 27.0. The molecule has 1 aliphatic carbocycles. The summed E-state index contributed by atoms with van der Waals surface area (Å²) < 4.78 is 5.11. The van der Waals surface area contributed by atoms with Gasteiger partial charge in [0.15, 0.2) is 6.61 Å². The molecule has 1 aromatic heterocycles. The summed E-state index contributed by atoms with van der Waals surface area (Å²) >= 11 is 1.63. The monoisotopic (exact) mass is 359 g/mol. The van der Waals surface area contributed by atoms with Crippen molar-refractivity contribution in [1.82, 2.24) is 4.90 Å². The van der Waals surface area contributed by atoms with Gasteiger partial charge in [-0.1, -0.05) is 12.1 Å². The van der Waals surface area contributed by atoms with E-state index >= 15 is 0 Å². The molecule has 3 rings (SSSR count). The summed E-state index contributed by atoms with van der Waals surface area (Å²) in [5.74, 6) is -0.454. The second kappa shape index (κ2) is 7.70. The van der Waals surface area contributed by atoms with Crippen LogP contribution in [0.25, 0.3) is 0 Å². The minimum atomic E-state index is -1.01. The summed E-state index contributed by atoms with van der Waals surface area (Å²) in [6.45, 7) is 0.140. The highest BCUT2D eigenvalue weighted by Gasteiger charge is 2.19. The van der Waals surface area contributed by atoms with Gasteiger partial charge in [-0.25, -0.2) is 4.79 Å². The fourth-order valence-electron chi connectivity index (χ4n) is 2.97. The Morgan fingerprint density at radius 2 is 1.92 bits per heavy atom. The fraction of sp³-hybridized carbons (Fsp3) is 0.368. The molecule has 0 saturated heterocycles. The molecule has 0 aliphatic heterocycles. The number of rotatable bonds is 6. The highest BCUT2D eigenvalue weighted by molar-refractivity contribution is 7.14. The Balaban J connectivity index is 1.61. The van der Waals surface area contributed by atoms with Crippen LogP contribution in [0.2, 0.25) is 0 Å². The number of carboxylic acids is 1. The first-order chi connectivity index (χ1) is 12.0. The van der Waals surface area contributed by atoms with Crippen molar-refractivity contribution >= 4 is 23.2 Å². The standard InChI is InChI=1S/C19H21NO4S/c1-20(11-13-6-8-15(9-7-13)24-12-18(21)22)19(23)17-10-14-4-2-3-5-16(14)25-17/h6-10H,2-5,11-12H2,1H3,(H,21,22). The smallest absolute Gasteiger partial charge is 0.341 e. The number of aliphatic carboxylic acids is 1. The van der Waals surface area contributed by atoms with Crippen LogP contribution in [0.5, 0.6) is 5.75 Å². The number of carbonyl (C=O) groups excluding carboxylic acids is 1. The largest absolute Gasteiger partial charge is 0.482 e. The molecule has 5 nitrogen and oxygen atoms in total. The van der Waals surface area contributed by atoms with Gasteiger partial charge in [-0.2, -0.15) is 0 Å². The molecular weight excluding hydrogens is 338 g/mol. The Kier molecular flexibility index (Phi) is 5.38. The maximum absolute atomic E-state index is 12.7. The van der Waals surface area contributed by atoms with Gasteiger partial charge in [0.25, 0.3) is 5.91 Å². The topological polar surface area (TPSA) is 66.8 Å². The highest BCUT2D eigenvalue weighted by atomic mass is 32.1. The Bertz CT molecular complexity index is 743. The zero-order valence-corrected chi connectivity index (χ0v) is 15.0. The lowest BCUT2D eigenvalue weighted by molar-refractivity contribution is -0.139. The van der Waals surface area contributed by atoms with Crippen molar-refractivity contribution < 1.29 is 19.4 Å². The molecule has 132 valence electrons. The number of fused-ring (bicyclic) bond motifs is 1. The molecule has 0 unspecified atom stereocenters. The second-order valence-corrected chi connectivity index (χ2v) is 7.39. The van der Waals surface area contributed by atoms with E-state index in [1.807, 2.05) is 12.1 Å². The third kappa shape index (κ3) is 4.39. The normalized spacial score (nSPS) is 13.2. The van der Waals surface area contributed by atoms with E-state index in [4.69, 9.17) is 9.84 Å². The van der Waals surface area contributed by atoms with Crippen LogP contribution >= 0.6 is 11.3 Å². The Hall–Kier alpha value is -2.34. The van der Waals surface area contributed by atoms with Crippen molar-refractivity contribution in [3.8, 4) is 5.75 Å². The van der Waals surface area contributed by atoms with E-state index < -0.39 is 5.97 Å². The van der Waals surface area contributed by atoms with E-state index in [9.17, 15) is 9.59 Å². The fourth-order valence-corrected chi connectivity index (χ4v) is 4.21. The van der Waals surface area contributed by atoms with Crippen molar-refractivity contribution in [3.05, 3.63) is 51.2 Å². The molecule has 1 amide bonds.